The first-order valence-electron chi connectivity index (χ1n) is 6.37. The monoisotopic (exact) mass is 255 g/mol. The number of nitrogens with two attached hydrogens (primary N) is 1. The molecule has 0 unspecified atom stereocenters. The summed E-state index contributed by atoms with van der Waals surface area (Å²) >= 11 is 0. The molecule has 0 bridgehead atoms. The molecule has 2 nitrogen and oxygen atoms in total. The van der Waals surface area contributed by atoms with E-state index < -0.39 is 11.6 Å². The van der Waals surface area contributed by atoms with Crippen LogP contribution < -0.4 is 10.5 Å². The second-order valence-corrected chi connectivity index (χ2v) is 4.99. The van der Waals surface area contributed by atoms with E-state index >= 15 is 0 Å². The highest BCUT2D eigenvalue weighted by Crippen LogP contribution is 2.41. The van der Waals surface area contributed by atoms with Gasteiger partial charge in [0.1, 0.15) is 0 Å². The van der Waals surface area contributed by atoms with Crippen molar-refractivity contribution in [3.63, 3.8) is 0 Å². The lowest BCUT2D eigenvalue weighted by atomic mass is 9.69. The van der Waals surface area contributed by atoms with Gasteiger partial charge in [-0.3, -0.25) is 0 Å². The van der Waals surface area contributed by atoms with Gasteiger partial charge in [-0.1, -0.05) is 25.3 Å². The second-order valence-electron chi connectivity index (χ2n) is 4.99. The van der Waals surface area contributed by atoms with Crippen LogP contribution >= 0.6 is 0 Å². The number of ether oxygens (including phenoxy) is 1. The summed E-state index contributed by atoms with van der Waals surface area (Å²) in [4.78, 5) is 0. The Labute approximate surface area is 106 Å². The lowest BCUT2D eigenvalue weighted by Gasteiger charge is -2.37. The molecule has 4 heteroatoms. The molecule has 1 aromatic rings. The molecular weight excluding hydrogens is 236 g/mol. The summed E-state index contributed by atoms with van der Waals surface area (Å²) in [5.41, 5.74) is 6.01. The van der Waals surface area contributed by atoms with E-state index in [0.29, 0.717) is 12.1 Å². The first kappa shape index (κ1) is 13.3. The Hall–Kier alpha value is -1.16. The first-order valence-corrected chi connectivity index (χ1v) is 6.37. The van der Waals surface area contributed by atoms with Crippen molar-refractivity contribution in [2.24, 2.45) is 5.73 Å². The van der Waals surface area contributed by atoms with Crippen LogP contribution in [0, 0.1) is 11.6 Å². The summed E-state index contributed by atoms with van der Waals surface area (Å²) in [6.45, 7) is 0.388. The number of methoxy groups -OCH3 is 1. The fourth-order valence-electron chi connectivity index (χ4n) is 2.94. The Kier molecular flexibility index (Phi) is 3.85. The number of rotatable bonds is 3. The Morgan fingerprint density at radius 1 is 1.22 bits per heavy atom. The number of benzene rings is 1. The fraction of sp³-hybridized carbons (Fsp3) is 0.571. The maximum Gasteiger partial charge on any atom is 0.190 e. The van der Waals surface area contributed by atoms with E-state index in [4.69, 9.17) is 10.5 Å². The molecule has 1 aliphatic carbocycles. The van der Waals surface area contributed by atoms with Crippen LogP contribution in [0.5, 0.6) is 5.75 Å². The average Bonchev–Trinajstić information content (AvgIpc) is 2.40. The molecule has 1 aromatic carbocycles. The van der Waals surface area contributed by atoms with Gasteiger partial charge < -0.3 is 10.5 Å². The van der Waals surface area contributed by atoms with Crippen molar-refractivity contribution in [2.75, 3.05) is 13.7 Å². The van der Waals surface area contributed by atoms with E-state index in [9.17, 15) is 8.78 Å². The van der Waals surface area contributed by atoms with Crippen LogP contribution in [0.1, 0.15) is 37.7 Å². The van der Waals surface area contributed by atoms with Crippen LogP contribution in [0.15, 0.2) is 12.1 Å². The molecule has 2 rings (SSSR count). The smallest absolute Gasteiger partial charge is 0.190 e. The van der Waals surface area contributed by atoms with Crippen LogP contribution in [0.2, 0.25) is 0 Å². The molecule has 0 radical (unpaired) electrons. The molecule has 1 saturated carbocycles. The standard InChI is InChI=1S/C14H19F2NO/c1-18-13-11(15)6-5-10(12(13)16)14(9-17)7-3-2-4-8-14/h5-6H,2-4,7-9,17H2,1H3. The highest BCUT2D eigenvalue weighted by atomic mass is 19.1. The van der Waals surface area contributed by atoms with Crippen molar-refractivity contribution in [1.82, 2.24) is 0 Å². The van der Waals surface area contributed by atoms with Gasteiger partial charge in [-0.2, -0.15) is 0 Å². The highest BCUT2D eigenvalue weighted by Gasteiger charge is 2.36. The second kappa shape index (κ2) is 5.22. The normalized spacial score (nSPS) is 18.7. The average molecular weight is 255 g/mol. The predicted molar refractivity (Wildman–Crippen MR) is 66.7 cm³/mol. The van der Waals surface area contributed by atoms with Crippen LogP contribution in [-0.4, -0.2) is 13.7 Å². The van der Waals surface area contributed by atoms with E-state index in [2.05, 4.69) is 0 Å². The molecule has 0 spiro atoms. The number of hydrogen-bond donors (Lipinski definition) is 1. The Morgan fingerprint density at radius 2 is 1.89 bits per heavy atom. The third-order valence-electron chi connectivity index (χ3n) is 4.03. The molecule has 0 atom stereocenters. The van der Waals surface area contributed by atoms with Gasteiger partial charge in [-0.25, -0.2) is 8.78 Å². The van der Waals surface area contributed by atoms with Crippen molar-refractivity contribution in [3.8, 4) is 5.75 Å². The Morgan fingerprint density at radius 3 is 2.44 bits per heavy atom. The van der Waals surface area contributed by atoms with Crippen molar-refractivity contribution >= 4 is 0 Å². The first-order chi connectivity index (χ1) is 8.64. The highest BCUT2D eigenvalue weighted by molar-refractivity contribution is 5.38. The van der Waals surface area contributed by atoms with Gasteiger partial charge in [-0.15, -0.1) is 0 Å². The summed E-state index contributed by atoms with van der Waals surface area (Å²) < 4.78 is 32.6. The molecular formula is C14H19F2NO. The lowest BCUT2D eigenvalue weighted by molar-refractivity contribution is 0.283. The molecule has 0 heterocycles. The largest absolute Gasteiger partial charge is 0.491 e. The molecule has 100 valence electrons. The molecule has 18 heavy (non-hydrogen) atoms. The van der Waals surface area contributed by atoms with Gasteiger partial charge in [0.2, 0.25) is 0 Å². The fourth-order valence-corrected chi connectivity index (χ4v) is 2.94. The van der Waals surface area contributed by atoms with Crippen molar-refractivity contribution < 1.29 is 13.5 Å². The maximum atomic E-state index is 14.3. The minimum atomic E-state index is -0.665. The number of hydrogen-bond acceptors (Lipinski definition) is 2. The predicted octanol–water partition coefficient (Wildman–Crippen LogP) is 3.13. The van der Waals surface area contributed by atoms with E-state index in [1.54, 1.807) is 0 Å². The Bertz CT molecular complexity index is 428. The van der Waals surface area contributed by atoms with Crippen molar-refractivity contribution in [2.45, 2.75) is 37.5 Å². The topological polar surface area (TPSA) is 35.2 Å². The van der Waals surface area contributed by atoms with Crippen molar-refractivity contribution in [1.29, 1.82) is 0 Å². The SMILES string of the molecule is COc1c(F)ccc(C2(CN)CCCCC2)c1F. The Balaban J connectivity index is 2.48. The van der Waals surface area contributed by atoms with E-state index in [1.807, 2.05) is 0 Å². The molecule has 0 saturated heterocycles. The quantitative estimate of drug-likeness (QED) is 0.900. The van der Waals surface area contributed by atoms with E-state index in [1.165, 1.54) is 19.2 Å². The molecule has 0 aliphatic heterocycles. The minimum Gasteiger partial charge on any atom is -0.491 e. The molecule has 1 aliphatic rings. The van der Waals surface area contributed by atoms with E-state index in [0.717, 1.165) is 32.1 Å². The van der Waals surface area contributed by atoms with Gasteiger partial charge in [0.05, 0.1) is 7.11 Å². The summed E-state index contributed by atoms with van der Waals surface area (Å²) in [5.74, 6) is -1.56. The number of halogens is 2. The zero-order valence-corrected chi connectivity index (χ0v) is 10.6. The third-order valence-corrected chi connectivity index (χ3v) is 4.03. The summed E-state index contributed by atoms with van der Waals surface area (Å²) in [5, 5.41) is 0. The molecule has 2 N–H and O–H groups in total. The summed E-state index contributed by atoms with van der Waals surface area (Å²) in [6.07, 6.45) is 4.94. The molecule has 0 aromatic heterocycles. The van der Waals surface area contributed by atoms with Gasteiger partial charge in [0.25, 0.3) is 0 Å². The molecule has 1 fully saturated rings. The third kappa shape index (κ3) is 2.09. The van der Waals surface area contributed by atoms with Crippen LogP contribution in [0.4, 0.5) is 8.78 Å². The lowest BCUT2D eigenvalue weighted by Crippen LogP contribution is -2.38. The zero-order chi connectivity index (χ0) is 13.2. The van der Waals surface area contributed by atoms with E-state index in [-0.39, 0.29) is 11.2 Å². The van der Waals surface area contributed by atoms with Crippen LogP contribution in [0.3, 0.4) is 0 Å². The summed E-state index contributed by atoms with van der Waals surface area (Å²) in [7, 11) is 1.28. The van der Waals surface area contributed by atoms with Gasteiger partial charge in [0.15, 0.2) is 17.4 Å². The molecule has 0 amide bonds. The maximum absolute atomic E-state index is 14.3. The van der Waals surface area contributed by atoms with Crippen LogP contribution in [-0.2, 0) is 5.41 Å². The van der Waals surface area contributed by atoms with Crippen molar-refractivity contribution in [3.05, 3.63) is 29.3 Å². The zero-order valence-electron chi connectivity index (χ0n) is 10.6. The minimum absolute atomic E-state index is 0.300. The van der Waals surface area contributed by atoms with Crippen LogP contribution in [0.25, 0.3) is 0 Å². The van der Waals surface area contributed by atoms with Gasteiger partial charge in [0, 0.05) is 12.0 Å². The van der Waals surface area contributed by atoms with Gasteiger partial charge in [-0.05, 0) is 24.5 Å². The van der Waals surface area contributed by atoms with Gasteiger partial charge >= 0.3 is 0 Å². The summed E-state index contributed by atoms with van der Waals surface area (Å²) in [6, 6.07) is 2.79.